The van der Waals surface area contributed by atoms with Crippen LogP contribution in [0.1, 0.15) is 59.1 Å². The van der Waals surface area contributed by atoms with E-state index < -0.39 is 4.87 Å². The molecule has 37 heavy (non-hydrogen) atoms. The van der Waals surface area contributed by atoms with Gasteiger partial charge in [-0.05, 0) is 49.8 Å². The number of hydrogen-bond donors (Lipinski definition) is 0. The zero-order valence-electron chi connectivity index (χ0n) is 23.6. The van der Waals surface area contributed by atoms with Gasteiger partial charge in [0.15, 0.2) is 0 Å². The van der Waals surface area contributed by atoms with E-state index in [9.17, 15) is 9.59 Å². The standard InChI is InChI=1S/C15H24ClNO2.C14H20ClNO2/c1-6-15(16)9-7-8-11(2)14(15)17(13(4)18)12(3)10-19-5;1-4-11-7-6-8-12(5-2)14(11)16(10-18-3)13(17)9-15/h7-9,12,14H,6,10H2,1-5H3;6-8H,4-5,9-10H2,1-3H3. The molecule has 8 heteroatoms. The largest absolute Gasteiger partial charge is 0.383 e. The van der Waals surface area contributed by atoms with Crippen LogP contribution in [-0.4, -0.2) is 67.1 Å². The number of amides is 2. The van der Waals surface area contributed by atoms with Gasteiger partial charge in [0, 0.05) is 21.1 Å². The molecule has 2 amide bonds. The number of hydrogen-bond acceptors (Lipinski definition) is 4. The molecule has 0 spiro atoms. The number of allylic oxidation sites excluding steroid dienone is 2. The molecule has 0 fully saturated rings. The van der Waals surface area contributed by atoms with Gasteiger partial charge in [-0.25, -0.2) is 0 Å². The van der Waals surface area contributed by atoms with Gasteiger partial charge in [-0.15, -0.1) is 23.2 Å². The number of halogens is 2. The van der Waals surface area contributed by atoms with E-state index in [1.54, 1.807) is 26.0 Å². The third kappa shape index (κ3) is 8.57. The number of anilines is 1. The fraction of sp³-hybridized carbons (Fsp3) is 0.586. The van der Waals surface area contributed by atoms with Crippen LogP contribution in [0.3, 0.4) is 0 Å². The first-order valence-corrected chi connectivity index (χ1v) is 13.8. The first-order valence-electron chi connectivity index (χ1n) is 12.8. The summed E-state index contributed by atoms with van der Waals surface area (Å²) in [6.07, 6.45) is 8.50. The second-order valence-corrected chi connectivity index (χ2v) is 10.2. The van der Waals surface area contributed by atoms with E-state index in [-0.39, 0.29) is 36.5 Å². The summed E-state index contributed by atoms with van der Waals surface area (Å²) in [6, 6.07) is 5.98. The summed E-state index contributed by atoms with van der Waals surface area (Å²) >= 11 is 12.4. The van der Waals surface area contributed by atoms with Gasteiger partial charge in [0.2, 0.25) is 11.8 Å². The summed E-state index contributed by atoms with van der Waals surface area (Å²) < 4.78 is 10.3. The van der Waals surface area contributed by atoms with Crippen molar-refractivity contribution >= 4 is 40.7 Å². The second kappa shape index (κ2) is 16.2. The lowest BCUT2D eigenvalue weighted by Crippen LogP contribution is -2.56. The highest BCUT2D eigenvalue weighted by molar-refractivity contribution is 6.29. The highest BCUT2D eigenvalue weighted by atomic mass is 35.5. The predicted molar refractivity (Wildman–Crippen MR) is 155 cm³/mol. The molecule has 1 aliphatic rings. The number of methoxy groups -OCH3 is 2. The van der Waals surface area contributed by atoms with Crippen LogP contribution in [0.5, 0.6) is 0 Å². The summed E-state index contributed by atoms with van der Waals surface area (Å²) in [4.78, 5) is 27.0. The minimum absolute atomic E-state index is 0.00738. The molecule has 3 atom stereocenters. The van der Waals surface area contributed by atoms with Gasteiger partial charge < -0.3 is 14.4 Å². The van der Waals surface area contributed by atoms with Crippen LogP contribution in [0.25, 0.3) is 0 Å². The minimum atomic E-state index is -0.535. The topological polar surface area (TPSA) is 59.1 Å². The Morgan fingerprint density at radius 2 is 1.70 bits per heavy atom. The number of benzene rings is 1. The quantitative estimate of drug-likeness (QED) is 0.244. The van der Waals surface area contributed by atoms with Crippen LogP contribution in [0, 0.1) is 0 Å². The molecule has 0 bridgehead atoms. The van der Waals surface area contributed by atoms with E-state index in [0.29, 0.717) is 6.61 Å². The lowest BCUT2D eigenvalue weighted by molar-refractivity contribution is -0.134. The molecular weight excluding hydrogens is 511 g/mol. The van der Waals surface area contributed by atoms with Crippen LogP contribution < -0.4 is 4.90 Å². The number of aryl methyl sites for hydroxylation is 2. The highest BCUT2D eigenvalue weighted by Gasteiger charge is 2.42. The zero-order valence-corrected chi connectivity index (χ0v) is 25.2. The van der Waals surface area contributed by atoms with Gasteiger partial charge in [-0.1, -0.05) is 57.2 Å². The first-order chi connectivity index (χ1) is 17.6. The number of alkyl halides is 2. The van der Waals surface area contributed by atoms with Gasteiger partial charge >= 0.3 is 0 Å². The summed E-state index contributed by atoms with van der Waals surface area (Å²) in [5.41, 5.74) is 4.35. The van der Waals surface area contributed by atoms with Crippen LogP contribution >= 0.6 is 23.2 Å². The third-order valence-electron chi connectivity index (χ3n) is 6.59. The summed E-state index contributed by atoms with van der Waals surface area (Å²) in [6.45, 7) is 12.5. The maximum Gasteiger partial charge on any atom is 0.243 e. The van der Waals surface area contributed by atoms with Gasteiger partial charge in [0.25, 0.3) is 0 Å². The van der Waals surface area contributed by atoms with Gasteiger partial charge in [0.1, 0.15) is 12.6 Å². The Balaban J connectivity index is 0.000000371. The van der Waals surface area contributed by atoms with Crippen molar-refractivity contribution in [3.8, 4) is 0 Å². The Kier molecular flexibility index (Phi) is 14.5. The fourth-order valence-electron chi connectivity index (χ4n) is 4.77. The highest BCUT2D eigenvalue weighted by Crippen LogP contribution is 2.37. The fourth-order valence-corrected chi connectivity index (χ4v) is 5.27. The van der Waals surface area contributed by atoms with Crippen molar-refractivity contribution < 1.29 is 19.1 Å². The van der Waals surface area contributed by atoms with E-state index in [1.807, 2.05) is 62.1 Å². The molecule has 0 aromatic heterocycles. The van der Waals surface area contributed by atoms with Crippen molar-refractivity contribution in [3.63, 3.8) is 0 Å². The number of carbonyl (C=O) groups excluding carboxylic acids is 2. The lowest BCUT2D eigenvalue weighted by atomic mass is 9.84. The molecule has 3 unspecified atom stereocenters. The second-order valence-electron chi connectivity index (χ2n) is 9.19. The third-order valence-corrected chi connectivity index (χ3v) is 7.42. The summed E-state index contributed by atoms with van der Waals surface area (Å²) in [5.74, 6) is -0.143. The molecule has 0 saturated carbocycles. The van der Waals surface area contributed by atoms with Crippen molar-refractivity contribution in [1.82, 2.24) is 4.90 Å². The average molecular weight is 556 g/mol. The number of rotatable bonds is 11. The molecule has 0 saturated heterocycles. The monoisotopic (exact) mass is 554 g/mol. The number of para-hydroxylation sites is 1. The van der Waals surface area contributed by atoms with Crippen molar-refractivity contribution in [3.05, 3.63) is 53.1 Å². The molecule has 1 aromatic rings. The summed E-state index contributed by atoms with van der Waals surface area (Å²) in [5, 5.41) is 0. The Labute approximate surface area is 233 Å². The maximum absolute atomic E-state index is 12.1. The normalized spacial score (nSPS) is 19.4. The Morgan fingerprint density at radius 1 is 1.11 bits per heavy atom. The Morgan fingerprint density at radius 3 is 2.14 bits per heavy atom. The Bertz CT molecular complexity index is 928. The van der Waals surface area contributed by atoms with E-state index in [2.05, 4.69) is 13.8 Å². The number of ether oxygens (including phenoxy) is 2. The SMILES string of the molecule is CCC1(Cl)C=CC=C(C)C1N(C(C)=O)C(C)COC.CCc1cccc(CC)c1N(COC)C(=O)CCl. The van der Waals surface area contributed by atoms with E-state index in [1.165, 1.54) is 0 Å². The minimum Gasteiger partial charge on any atom is -0.383 e. The smallest absolute Gasteiger partial charge is 0.243 e. The van der Waals surface area contributed by atoms with Crippen LogP contribution in [0.2, 0.25) is 0 Å². The molecular formula is C29H44Cl2N2O4. The van der Waals surface area contributed by atoms with Crippen LogP contribution in [0.4, 0.5) is 5.69 Å². The lowest BCUT2D eigenvalue weighted by Gasteiger charge is -2.45. The average Bonchev–Trinajstić information content (AvgIpc) is 2.88. The van der Waals surface area contributed by atoms with Crippen molar-refractivity contribution in [2.75, 3.05) is 38.3 Å². The number of carbonyl (C=O) groups is 2. The number of nitrogens with zero attached hydrogens (tertiary/aromatic N) is 2. The molecule has 0 N–H and O–H groups in total. The van der Waals surface area contributed by atoms with Crippen molar-refractivity contribution in [1.29, 1.82) is 0 Å². The summed E-state index contributed by atoms with van der Waals surface area (Å²) in [7, 11) is 3.22. The van der Waals surface area contributed by atoms with Gasteiger partial charge in [-0.3, -0.25) is 14.5 Å². The molecule has 208 valence electrons. The van der Waals surface area contributed by atoms with Gasteiger partial charge in [0.05, 0.1) is 29.3 Å². The zero-order chi connectivity index (χ0) is 28.2. The van der Waals surface area contributed by atoms with E-state index in [0.717, 1.165) is 41.6 Å². The molecule has 0 heterocycles. The van der Waals surface area contributed by atoms with Crippen LogP contribution in [-0.2, 0) is 31.9 Å². The van der Waals surface area contributed by atoms with Crippen molar-refractivity contribution in [2.24, 2.45) is 0 Å². The molecule has 0 radical (unpaired) electrons. The molecule has 0 aliphatic heterocycles. The predicted octanol–water partition coefficient (Wildman–Crippen LogP) is 6.13. The maximum atomic E-state index is 12.1. The van der Waals surface area contributed by atoms with Gasteiger partial charge in [-0.2, -0.15) is 0 Å². The molecule has 6 nitrogen and oxygen atoms in total. The molecule has 1 aromatic carbocycles. The van der Waals surface area contributed by atoms with E-state index >= 15 is 0 Å². The molecule has 1 aliphatic carbocycles. The first kappa shape index (κ1) is 33.2. The molecule has 2 rings (SSSR count). The van der Waals surface area contributed by atoms with Crippen molar-refractivity contribution in [2.45, 2.75) is 77.8 Å². The Hall–Kier alpha value is -1.86. The van der Waals surface area contributed by atoms with E-state index in [4.69, 9.17) is 32.7 Å². The van der Waals surface area contributed by atoms with Crippen LogP contribution in [0.15, 0.2) is 42.0 Å².